The molecule has 3 nitrogen and oxygen atoms in total. The highest BCUT2D eigenvalue weighted by Gasteiger charge is 2.17. The van der Waals surface area contributed by atoms with Crippen LogP contribution in [0.25, 0.3) is 11.0 Å². The number of hydrogen-bond donors (Lipinski definition) is 0. The molecule has 0 aliphatic carbocycles. The molecule has 19 heavy (non-hydrogen) atoms. The van der Waals surface area contributed by atoms with Crippen LogP contribution in [0.5, 0.6) is 0 Å². The predicted molar refractivity (Wildman–Crippen MR) is 75.0 cm³/mol. The number of imidazole rings is 1. The van der Waals surface area contributed by atoms with E-state index in [1.54, 1.807) is 13.2 Å². The third-order valence-corrected chi connectivity index (χ3v) is 3.24. The summed E-state index contributed by atoms with van der Waals surface area (Å²) < 4.78 is 20.5. The first-order chi connectivity index (χ1) is 9.02. The number of fused-ring (bicyclic) bond motifs is 1. The second kappa shape index (κ2) is 5.88. The molecule has 1 aromatic carbocycles. The van der Waals surface area contributed by atoms with Gasteiger partial charge in [0.25, 0.3) is 0 Å². The summed E-state index contributed by atoms with van der Waals surface area (Å²) >= 11 is 6.17. The number of rotatable bonds is 5. The zero-order chi connectivity index (χ0) is 14.0. The van der Waals surface area contributed by atoms with E-state index in [2.05, 4.69) is 11.9 Å². The molecule has 0 aliphatic rings. The molecule has 1 aromatic heterocycles. The minimum atomic E-state index is -0.262. The summed E-state index contributed by atoms with van der Waals surface area (Å²) in [5.74, 6) is 0.812. The van der Waals surface area contributed by atoms with E-state index in [0.717, 1.165) is 16.9 Å². The number of halogens is 2. The molecule has 0 saturated carbocycles. The molecule has 104 valence electrons. The number of methoxy groups -OCH3 is 1. The van der Waals surface area contributed by atoms with Crippen molar-refractivity contribution in [2.24, 2.45) is 5.92 Å². The van der Waals surface area contributed by atoms with Crippen molar-refractivity contribution in [3.8, 4) is 0 Å². The Labute approximate surface area is 117 Å². The van der Waals surface area contributed by atoms with Gasteiger partial charge >= 0.3 is 0 Å². The molecule has 2 rings (SSSR count). The third-order valence-electron chi connectivity index (χ3n) is 3.04. The van der Waals surface area contributed by atoms with E-state index >= 15 is 0 Å². The molecule has 0 fully saturated rings. The van der Waals surface area contributed by atoms with Gasteiger partial charge in [-0.25, -0.2) is 9.37 Å². The van der Waals surface area contributed by atoms with Crippen molar-refractivity contribution in [1.29, 1.82) is 0 Å². The molecule has 2 unspecified atom stereocenters. The van der Waals surface area contributed by atoms with E-state index in [-0.39, 0.29) is 11.2 Å². The van der Waals surface area contributed by atoms with E-state index in [9.17, 15) is 4.39 Å². The second-order valence-electron chi connectivity index (χ2n) is 4.89. The van der Waals surface area contributed by atoms with Gasteiger partial charge in [-0.05, 0) is 31.0 Å². The number of alkyl halides is 1. The SMILES string of the molecule is COCC(C)Cn1c(C(C)Cl)nc2ccc(F)cc21. The molecule has 2 atom stereocenters. The monoisotopic (exact) mass is 284 g/mol. The highest BCUT2D eigenvalue weighted by atomic mass is 35.5. The van der Waals surface area contributed by atoms with Crippen molar-refractivity contribution in [3.63, 3.8) is 0 Å². The topological polar surface area (TPSA) is 27.1 Å². The second-order valence-corrected chi connectivity index (χ2v) is 5.54. The summed E-state index contributed by atoms with van der Waals surface area (Å²) in [5, 5.41) is -0.217. The van der Waals surface area contributed by atoms with E-state index in [0.29, 0.717) is 19.1 Å². The van der Waals surface area contributed by atoms with Gasteiger partial charge in [-0.1, -0.05) is 6.92 Å². The van der Waals surface area contributed by atoms with E-state index < -0.39 is 0 Å². The highest BCUT2D eigenvalue weighted by molar-refractivity contribution is 6.20. The lowest BCUT2D eigenvalue weighted by Gasteiger charge is -2.15. The van der Waals surface area contributed by atoms with Crippen LogP contribution in [0.4, 0.5) is 4.39 Å². The molecule has 0 bridgehead atoms. The molecule has 5 heteroatoms. The van der Waals surface area contributed by atoms with Crippen LogP contribution in [0, 0.1) is 11.7 Å². The molecule has 0 amide bonds. The summed E-state index contributed by atoms with van der Waals surface area (Å²) in [4.78, 5) is 4.49. The molecule has 2 aromatic rings. The molecule has 0 saturated heterocycles. The fraction of sp³-hybridized carbons (Fsp3) is 0.500. The molecule has 0 radical (unpaired) electrons. The van der Waals surface area contributed by atoms with Gasteiger partial charge in [0.2, 0.25) is 0 Å². The van der Waals surface area contributed by atoms with Crippen LogP contribution in [0.2, 0.25) is 0 Å². The van der Waals surface area contributed by atoms with Crippen LogP contribution in [-0.2, 0) is 11.3 Å². The molecule has 0 aliphatic heterocycles. The van der Waals surface area contributed by atoms with Crippen LogP contribution >= 0.6 is 11.6 Å². The van der Waals surface area contributed by atoms with Gasteiger partial charge in [0.1, 0.15) is 11.6 Å². The first-order valence-corrected chi connectivity index (χ1v) is 6.75. The Morgan fingerprint density at radius 2 is 2.16 bits per heavy atom. The van der Waals surface area contributed by atoms with Crippen LogP contribution < -0.4 is 0 Å². The van der Waals surface area contributed by atoms with Gasteiger partial charge in [-0.2, -0.15) is 0 Å². The summed E-state index contributed by atoms with van der Waals surface area (Å²) in [7, 11) is 1.67. The first-order valence-electron chi connectivity index (χ1n) is 6.31. The van der Waals surface area contributed by atoms with Crippen molar-refractivity contribution in [1.82, 2.24) is 9.55 Å². The van der Waals surface area contributed by atoms with Crippen molar-refractivity contribution in [2.45, 2.75) is 25.8 Å². The smallest absolute Gasteiger partial charge is 0.127 e. The van der Waals surface area contributed by atoms with Crippen LogP contribution in [0.15, 0.2) is 18.2 Å². The minimum Gasteiger partial charge on any atom is -0.384 e. The Hall–Kier alpha value is -1.13. The summed E-state index contributed by atoms with van der Waals surface area (Å²) in [6, 6.07) is 4.61. The van der Waals surface area contributed by atoms with Gasteiger partial charge < -0.3 is 9.30 Å². The number of ether oxygens (including phenoxy) is 1. The van der Waals surface area contributed by atoms with Gasteiger partial charge in [-0.3, -0.25) is 0 Å². The summed E-state index contributed by atoms with van der Waals surface area (Å²) in [6.45, 7) is 5.30. The average Bonchev–Trinajstić information content (AvgIpc) is 2.68. The number of nitrogens with zero attached hydrogens (tertiary/aromatic N) is 2. The Morgan fingerprint density at radius 1 is 1.42 bits per heavy atom. The Bertz CT molecular complexity index is 568. The standard InChI is InChI=1S/C14H18ClFN2O/c1-9(8-19-3)7-18-13-6-11(16)4-5-12(13)17-14(18)10(2)15/h4-6,9-10H,7-8H2,1-3H3. The highest BCUT2D eigenvalue weighted by Crippen LogP contribution is 2.26. The first kappa shape index (κ1) is 14.3. The fourth-order valence-electron chi connectivity index (χ4n) is 2.26. The van der Waals surface area contributed by atoms with Crippen molar-refractivity contribution in [2.75, 3.05) is 13.7 Å². The third kappa shape index (κ3) is 3.07. The molecule has 0 spiro atoms. The van der Waals surface area contributed by atoms with Gasteiger partial charge in [0, 0.05) is 13.7 Å². The van der Waals surface area contributed by atoms with E-state index in [4.69, 9.17) is 16.3 Å². The van der Waals surface area contributed by atoms with Crippen molar-refractivity contribution in [3.05, 3.63) is 29.8 Å². The van der Waals surface area contributed by atoms with Crippen LogP contribution in [0.3, 0.4) is 0 Å². The molecular weight excluding hydrogens is 267 g/mol. The predicted octanol–water partition coefficient (Wildman–Crippen LogP) is 3.76. The van der Waals surface area contributed by atoms with E-state index in [1.807, 2.05) is 11.5 Å². The molecule has 0 N–H and O–H groups in total. The lowest BCUT2D eigenvalue weighted by molar-refractivity contribution is 0.151. The number of aromatic nitrogens is 2. The lowest BCUT2D eigenvalue weighted by atomic mass is 10.2. The minimum absolute atomic E-state index is 0.217. The summed E-state index contributed by atoms with van der Waals surface area (Å²) in [6.07, 6.45) is 0. The van der Waals surface area contributed by atoms with Crippen molar-refractivity contribution >= 4 is 22.6 Å². The van der Waals surface area contributed by atoms with Crippen LogP contribution in [0.1, 0.15) is 25.0 Å². The maximum absolute atomic E-state index is 13.4. The average molecular weight is 285 g/mol. The Kier molecular flexibility index (Phi) is 4.42. The molecule has 1 heterocycles. The maximum atomic E-state index is 13.4. The summed E-state index contributed by atoms with van der Waals surface area (Å²) in [5.41, 5.74) is 1.55. The number of benzene rings is 1. The van der Waals surface area contributed by atoms with Gasteiger partial charge in [0.05, 0.1) is 23.0 Å². The zero-order valence-electron chi connectivity index (χ0n) is 11.4. The van der Waals surface area contributed by atoms with Crippen LogP contribution in [-0.4, -0.2) is 23.3 Å². The Balaban J connectivity index is 2.47. The normalized spacial score (nSPS) is 14.8. The lowest BCUT2D eigenvalue weighted by Crippen LogP contribution is -2.15. The quantitative estimate of drug-likeness (QED) is 0.782. The van der Waals surface area contributed by atoms with Crippen molar-refractivity contribution < 1.29 is 9.13 Å². The number of hydrogen-bond acceptors (Lipinski definition) is 2. The zero-order valence-corrected chi connectivity index (χ0v) is 12.1. The van der Waals surface area contributed by atoms with Gasteiger partial charge in [-0.15, -0.1) is 11.6 Å². The largest absolute Gasteiger partial charge is 0.384 e. The fourth-order valence-corrected chi connectivity index (χ4v) is 2.43. The van der Waals surface area contributed by atoms with E-state index in [1.165, 1.54) is 12.1 Å². The maximum Gasteiger partial charge on any atom is 0.127 e. The molecular formula is C14H18ClFN2O. The van der Waals surface area contributed by atoms with Gasteiger partial charge in [0.15, 0.2) is 0 Å². The Morgan fingerprint density at radius 3 is 2.79 bits per heavy atom.